The Bertz CT molecular complexity index is 497. The van der Waals surface area contributed by atoms with Crippen molar-refractivity contribution >= 4 is 5.69 Å². The quantitative estimate of drug-likeness (QED) is 0.878. The normalized spacial score (nSPS) is 9.89. The van der Waals surface area contributed by atoms with Crippen LogP contribution in [0, 0.1) is 0 Å². The second-order valence-electron chi connectivity index (χ2n) is 3.73. The number of rotatable bonds is 5. The number of benzene rings is 1. The van der Waals surface area contributed by atoms with E-state index in [9.17, 15) is 0 Å². The number of nitrogens with one attached hydrogen (secondary N) is 1. The lowest BCUT2D eigenvalue weighted by molar-refractivity contribution is 0.294. The molecule has 18 heavy (non-hydrogen) atoms. The van der Waals surface area contributed by atoms with Gasteiger partial charge in [-0.15, -0.1) is 0 Å². The maximum atomic E-state index is 5.69. The summed E-state index contributed by atoms with van der Waals surface area (Å²) in [6.07, 6.45) is 1.70. The minimum atomic E-state index is 0.440. The van der Waals surface area contributed by atoms with Crippen LogP contribution >= 0.6 is 0 Å². The molecule has 4 heteroatoms. The van der Waals surface area contributed by atoms with E-state index < -0.39 is 0 Å². The van der Waals surface area contributed by atoms with Crippen LogP contribution in [-0.4, -0.2) is 19.1 Å². The van der Waals surface area contributed by atoms with Gasteiger partial charge in [0.15, 0.2) is 0 Å². The van der Waals surface area contributed by atoms with Crippen LogP contribution in [0.3, 0.4) is 0 Å². The lowest BCUT2D eigenvalue weighted by Gasteiger charge is -2.09. The molecule has 4 nitrogen and oxygen atoms in total. The molecule has 0 radical (unpaired) electrons. The summed E-state index contributed by atoms with van der Waals surface area (Å²) in [6, 6.07) is 11.6. The van der Waals surface area contributed by atoms with Gasteiger partial charge in [0.25, 0.3) is 0 Å². The van der Waals surface area contributed by atoms with E-state index in [1.807, 2.05) is 43.4 Å². The molecule has 0 saturated carbocycles. The Balaban J connectivity index is 2.02. The van der Waals surface area contributed by atoms with Crippen molar-refractivity contribution in [1.29, 1.82) is 0 Å². The molecule has 0 saturated heterocycles. The Labute approximate surface area is 107 Å². The lowest BCUT2D eigenvalue weighted by atomic mass is 10.3. The summed E-state index contributed by atoms with van der Waals surface area (Å²) in [5.74, 6) is 1.42. The highest BCUT2D eigenvalue weighted by molar-refractivity contribution is 5.45. The summed E-state index contributed by atoms with van der Waals surface area (Å²) < 4.78 is 10.9. The molecule has 0 amide bonds. The maximum Gasteiger partial charge on any atom is 0.219 e. The van der Waals surface area contributed by atoms with Gasteiger partial charge >= 0.3 is 0 Å². The number of pyridine rings is 1. The van der Waals surface area contributed by atoms with Crippen molar-refractivity contribution in [3.8, 4) is 11.6 Å². The number of nitrogens with zero attached hydrogens (tertiary/aromatic N) is 1. The van der Waals surface area contributed by atoms with Gasteiger partial charge in [0.2, 0.25) is 5.88 Å². The van der Waals surface area contributed by atoms with Crippen LogP contribution in [0.15, 0.2) is 42.6 Å². The molecule has 0 aliphatic rings. The summed E-state index contributed by atoms with van der Waals surface area (Å²) >= 11 is 0. The molecule has 1 N–H and O–H groups in total. The van der Waals surface area contributed by atoms with E-state index in [0.29, 0.717) is 12.5 Å². The van der Waals surface area contributed by atoms with Crippen molar-refractivity contribution in [2.45, 2.75) is 6.61 Å². The van der Waals surface area contributed by atoms with Gasteiger partial charge in [-0.3, -0.25) is 0 Å². The molecule has 94 valence electrons. The smallest absolute Gasteiger partial charge is 0.219 e. The van der Waals surface area contributed by atoms with E-state index in [-0.39, 0.29) is 0 Å². The zero-order valence-electron chi connectivity index (χ0n) is 10.5. The first kappa shape index (κ1) is 12.2. The van der Waals surface area contributed by atoms with E-state index in [2.05, 4.69) is 10.3 Å². The molecule has 0 fully saturated rings. The van der Waals surface area contributed by atoms with Crippen LogP contribution in [0.4, 0.5) is 5.69 Å². The molecule has 0 unspecified atom stereocenters. The van der Waals surface area contributed by atoms with Gasteiger partial charge in [-0.2, -0.15) is 0 Å². The highest BCUT2D eigenvalue weighted by Crippen LogP contribution is 2.19. The predicted molar refractivity (Wildman–Crippen MR) is 71.1 cm³/mol. The number of hydrogen-bond donors (Lipinski definition) is 1. The average Bonchev–Trinajstić information content (AvgIpc) is 2.46. The van der Waals surface area contributed by atoms with Crippen molar-refractivity contribution in [1.82, 2.24) is 4.98 Å². The SMILES string of the molecule is CNc1ccc(OCc2cccnc2OC)cc1. The topological polar surface area (TPSA) is 43.4 Å². The lowest BCUT2D eigenvalue weighted by Crippen LogP contribution is -2.00. The van der Waals surface area contributed by atoms with Gasteiger partial charge in [0.1, 0.15) is 12.4 Å². The van der Waals surface area contributed by atoms with Crippen molar-refractivity contribution in [2.24, 2.45) is 0 Å². The van der Waals surface area contributed by atoms with Crippen molar-refractivity contribution in [2.75, 3.05) is 19.5 Å². The third kappa shape index (κ3) is 2.91. The van der Waals surface area contributed by atoms with Crippen LogP contribution in [0.2, 0.25) is 0 Å². The summed E-state index contributed by atoms with van der Waals surface area (Å²) in [6.45, 7) is 0.440. The van der Waals surface area contributed by atoms with Crippen LogP contribution in [0.5, 0.6) is 11.6 Å². The first-order valence-electron chi connectivity index (χ1n) is 5.72. The van der Waals surface area contributed by atoms with E-state index in [1.54, 1.807) is 13.3 Å². The number of hydrogen-bond acceptors (Lipinski definition) is 4. The number of aromatic nitrogens is 1. The third-order valence-corrected chi connectivity index (χ3v) is 2.58. The first-order valence-corrected chi connectivity index (χ1v) is 5.72. The molecule has 1 heterocycles. The molecule has 1 aromatic heterocycles. The fourth-order valence-electron chi connectivity index (χ4n) is 1.60. The van der Waals surface area contributed by atoms with Gasteiger partial charge in [-0.1, -0.05) is 0 Å². The maximum absolute atomic E-state index is 5.69. The monoisotopic (exact) mass is 244 g/mol. The largest absolute Gasteiger partial charge is 0.489 e. The highest BCUT2D eigenvalue weighted by Gasteiger charge is 2.03. The molecule has 0 aliphatic carbocycles. The zero-order chi connectivity index (χ0) is 12.8. The van der Waals surface area contributed by atoms with Gasteiger partial charge in [0.05, 0.1) is 12.7 Å². The summed E-state index contributed by atoms with van der Waals surface area (Å²) in [5.41, 5.74) is 1.99. The van der Waals surface area contributed by atoms with Gasteiger partial charge in [-0.25, -0.2) is 4.98 Å². The number of methoxy groups -OCH3 is 1. The first-order chi connectivity index (χ1) is 8.83. The molecular weight excluding hydrogens is 228 g/mol. The van der Waals surface area contributed by atoms with Crippen LogP contribution < -0.4 is 14.8 Å². The number of ether oxygens (including phenoxy) is 2. The molecule has 1 aromatic carbocycles. The molecule has 0 bridgehead atoms. The Hall–Kier alpha value is -2.23. The molecule has 0 atom stereocenters. The van der Waals surface area contributed by atoms with Crippen molar-refractivity contribution in [3.05, 3.63) is 48.2 Å². The Morgan fingerprint density at radius 2 is 1.94 bits per heavy atom. The molecule has 0 aliphatic heterocycles. The van der Waals surface area contributed by atoms with Gasteiger partial charge in [0, 0.05) is 18.9 Å². The van der Waals surface area contributed by atoms with Gasteiger partial charge in [-0.05, 0) is 36.4 Å². The highest BCUT2D eigenvalue weighted by atomic mass is 16.5. The Morgan fingerprint density at radius 3 is 2.61 bits per heavy atom. The summed E-state index contributed by atoms with van der Waals surface area (Å²) in [7, 11) is 3.49. The number of anilines is 1. The standard InChI is InChI=1S/C14H16N2O2/c1-15-12-5-7-13(8-6-12)18-10-11-4-3-9-16-14(11)17-2/h3-9,15H,10H2,1-2H3. The third-order valence-electron chi connectivity index (χ3n) is 2.58. The van der Waals surface area contributed by atoms with Crippen molar-refractivity contribution in [3.63, 3.8) is 0 Å². The van der Waals surface area contributed by atoms with Crippen LogP contribution in [0.25, 0.3) is 0 Å². The Kier molecular flexibility index (Phi) is 4.02. The molecule has 0 spiro atoms. The fraction of sp³-hybridized carbons (Fsp3) is 0.214. The van der Waals surface area contributed by atoms with E-state index in [4.69, 9.17) is 9.47 Å². The minimum Gasteiger partial charge on any atom is -0.489 e. The second-order valence-corrected chi connectivity index (χ2v) is 3.73. The van der Waals surface area contributed by atoms with Crippen molar-refractivity contribution < 1.29 is 9.47 Å². The predicted octanol–water partition coefficient (Wildman–Crippen LogP) is 2.71. The van der Waals surface area contributed by atoms with Crippen LogP contribution in [-0.2, 0) is 6.61 Å². The molecule has 2 aromatic rings. The summed E-state index contributed by atoms with van der Waals surface area (Å²) in [5, 5.41) is 3.06. The van der Waals surface area contributed by atoms with Crippen LogP contribution in [0.1, 0.15) is 5.56 Å². The second kappa shape index (κ2) is 5.91. The minimum absolute atomic E-state index is 0.440. The van der Waals surface area contributed by atoms with E-state index >= 15 is 0 Å². The molecule has 2 rings (SSSR count). The summed E-state index contributed by atoms with van der Waals surface area (Å²) in [4.78, 5) is 4.12. The van der Waals surface area contributed by atoms with E-state index in [0.717, 1.165) is 17.0 Å². The molecular formula is C14H16N2O2. The fourth-order valence-corrected chi connectivity index (χ4v) is 1.60. The average molecular weight is 244 g/mol. The zero-order valence-corrected chi connectivity index (χ0v) is 10.5. The Morgan fingerprint density at radius 1 is 1.17 bits per heavy atom. The van der Waals surface area contributed by atoms with E-state index in [1.165, 1.54) is 0 Å². The van der Waals surface area contributed by atoms with Gasteiger partial charge < -0.3 is 14.8 Å².